The van der Waals surface area contributed by atoms with Gasteiger partial charge in [-0.05, 0) is 30.4 Å². The fourth-order valence-electron chi connectivity index (χ4n) is 3.32. The molecule has 0 aliphatic carbocycles. The van der Waals surface area contributed by atoms with Crippen LogP contribution in [-0.2, 0) is 11.3 Å². The van der Waals surface area contributed by atoms with Gasteiger partial charge in [-0.2, -0.15) is 0 Å². The van der Waals surface area contributed by atoms with Crippen LogP contribution in [0.1, 0.15) is 40.4 Å². The number of carbonyl (C=O) groups is 2. The third-order valence-electron chi connectivity index (χ3n) is 4.66. The van der Waals surface area contributed by atoms with E-state index in [0.29, 0.717) is 36.8 Å². The number of piperidine rings is 1. The first-order valence-electron chi connectivity index (χ1n) is 8.76. The highest BCUT2D eigenvalue weighted by molar-refractivity contribution is 5.90. The second-order valence-corrected chi connectivity index (χ2v) is 6.41. The number of benzene rings is 1. The number of nitrogens with zero attached hydrogens (tertiary/aromatic N) is 3. The molecule has 1 aromatic carbocycles. The number of likely N-dealkylation sites (tertiary alicyclic amines) is 1. The van der Waals surface area contributed by atoms with Crippen molar-refractivity contribution in [2.45, 2.75) is 25.4 Å². The molecular formula is C19H22N4O4. The van der Waals surface area contributed by atoms with E-state index in [1.807, 2.05) is 12.1 Å². The Morgan fingerprint density at radius 2 is 2.00 bits per heavy atom. The summed E-state index contributed by atoms with van der Waals surface area (Å²) in [5.74, 6) is -0.351. The average molecular weight is 370 g/mol. The molecule has 27 heavy (non-hydrogen) atoms. The minimum Gasteiger partial charge on any atom is -0.478 e. The molecule has 0 saturated carbocycles. The highest BCUT2D eigenvalue weighted by atomic mass is 16.5. The number of ether oxygens (including phenoxy) is 1. The Morgan fingerprint density at radius 1 is 1.26 bits per heavy atom. The van der Waals surface area contributed by atoms with Crippen molar-refractivity contribution in [3.05, 3.63) is 53.5 Å². The highest BCUT2D eigenvalue weighted by Crippen LogP contribution is 2.30. The van der Waals surface area contributed by atoms with Gasteiger partial charge in [-0.25, -0.2) is 19.6 Å². The van der Waals surface area contributed by atoms with Gasteiger partial charge in [-0.3, -0.25) is 5.32 Å². The molecule has 2 heterocycles. The van der Waals surface area contributed by atoms with Crippen molar-refractivity contribution in [2.24, 2.45) is 0 Å². The first-order chi connectivity index (χ1) is 13.1. The average Bonchev–Trinajstić information content (AvgIpc) is 2.68. The first-order valence-corrected chi connectivity index (χ1v) is 8.76. The van der Waals surface area contributed by atoms with Crippen molar-refractivity contribution in [1.82, 2.24) is 14.9 Å². The fourth-order valence-corrected chi connectivity index (χ4v) is 3.32. The van der Waals surface area contributed by atoms with E-state index in [1.54, 1.807) is 30.2 Å². The molecular weight excluding hydrogens is 348 g/mol. The monoisotopic (exact) mass is 370 g/mol. The number of amides is 2. The van der Waals surface area contributed by atoms with Crippen molar-refractivity contribution >= 4 is 17.8 Å². The van der Waals surface area contributed by atoms with Crippen molar-refractivity contribution in [3.8, 4) is 0 Å². The van der Waals surface area contributed by atoms with E-state index in [1.165, 1.54) is 6.33 Å². The highest BCUT2D eigenvalue weighted by Gasteiger charge is 2.26. The molecule has 2 amide bonds. The van der Waals surface area contributed by atoms with Crippen molar-refractivity contribution in [1.29, 1.82) is 0 Å². The van der Waals surface area contributed by atoms with E-state index < -0.39 is 5.97 Å². The fraction of sp³-hybridized carbons (Fsp3) is 0.368. The van der Waals surface area contributed by atoms with Gasteiger partial charge in [0.1, 0.15) is 12.1 Å². The van der Waals surface area contributed by atoms with E-state index in [9.17, 15) is 14.7 Å². The van der Waals surface area contributed by atoms with E-state index in [0.717, 1.165) is 18.4 Å². The zero-order valence-corrected chi connectivity index (χ0v) is 15.1. The molecule has 8 nitrogen and oxygen atoms in total. The number of carboxylic acids is 1. The van der Waals surface area contributed by atoms with Crippen LogP contribution >= 0.6 is 0 Å². The lowest BCUT2D eigenvalue weighted by Crippen LogP contribution is -2.40. The summed E-state index contributed by atoms with van der Waals surface area (Å²) >= 11 is 0. The summed E-state index contributed by atoms with van der Waals surface area (Å²) in [5.41, 5.74) is 1.86. The second-order valence-electron chi connectivity index (χ2n) is 6.41. The maximum absolute atomic E-state index is 12.5. The van der Waals surface area contributed by atoms with Crippen LogP contribution in [0.2, 0.25) is 0 Å². The minimum atomic E-state index is -0.915. The topological polar surface area (TPSA) is 105 Å². The van der Waals surface area contributed by atoms with E-state index in [4.69, 9.17) is 4.74 Å². The molecule has 3 rings (SSSR count). The number of nitrogens with one attached hydrogen (secondary N) is 1. The van der Waals surface area contributed by atoms with Gasteiger partial charge >= 0.3 is 12.0 Å². The predicted octanol–water partition coefficient (Wildman–Crippen LogP) is 2.73. The molecule has 1 aromatic heterocycles. The Balaban J connectivity index is 1.60. The summed E-state index contributed by atoms with van der Waals surface area (Å²) in [6.07, 6.45) is 2.83. The van der Waals surface area contributed by atoms with Gasteiger partial charge < -0.3 is 14.7 Å². The van der Waals surface area contributed by atoms with Gasteiger partial charge in [0.25, 0.3) is 0 Å². The minimum absolute atomic E-state index is 0.133. The Morgan fingerprint density at radius 3 is 2.70 bits per heavy atom. The number of carboxylic acid groups (broad SMARTS) is 1. The van der Waals surface area contributed by atoms with E-state index in [-0.39, 0.29) is 11.9 Å². The van der Waals surface area contributed by atoms with E-state index in [2.05, 4.69) is 15.3 Å². The van der Waals surface area contributed by atoms with Crippen molar-refractivity contribution in [2.75, 3.05) is 25.5 Å². The zero-order valence-electron chi connectivity index (χ0n) is 15.1. The maximum Gasteiger partial charge on any atom is 0.335 e. The normalized spacial score (nSPS) is 14.8. The molecule has 0 unspecified atom stereocenters. The SMILES string of the molecule is COCc1cc(NC(=O)N2CCC(c3ccccc3C(=O)O)CC2)ncn1. The molecule has 1 aliphatic rings. The first kappa shape index (κ1) is 18.8. The van der Waals surface area contributed by atoms with Crippen molar-refractivity contribution in [3.63, 3.8) is 0 Å². The number of hydrogen-bond donors (Lipinski definition) is 2. The maximum atomic E-state index is 12.5. The lowest BCUT2D eigenvalue weighted by molar-refractivity contribution is 0.0694. The van der Waals surface area contributed by atoms with Gasteiger partial charge in [0.15, 0.2) is 0 Å². The Labute approximate surface area is 157 Å². The lowest BCUT2D eigenvalue weighted by atomic mass is 9.86. The third kappa shape index (κ3) is 4.59. The summed E-state index contributed by atoms with van der Waals surface area (Å²) in [6.45, 7) is 1.46. The van der Waals surface area contributed by atoms with Crippen LogP contribution in [0, 0.1) is 0 Å². The quantitative estimate of drug-likeness (QED) is 0.838. The number of aromatic carboxylic acids is 1. The Kier molecular flexibility index (Phi) is 5.97. The summed E-state index contributed by atoms with van der Waals surface area (Å²) < 4.78 is 5.03. The largest absolute Gasteiger partial charge is 0.478 e. The molecule has 1 saturated heterocycles. The molecule has 1 fully saturated rings. The van der Waals surface area contributed by atoms with Gasteiger partial charge in [-0.1, -0.05) is 18.2 Å². The predicted molar refractivity (Wildman–Crippen MR) is 98.7 cm³/mol. The molecule has 0 spiro atoms. The summed E-state index contributed by atoms with van der Waals surface area (Å²) in [5, 5.41) is 12.1. The molecule has 8 heteroatoms. The number of methoxy groups -OCH3 is 1. The molecule has 0 radical (unpaired) electrons. The molecule has 0 bridgehead atoms. The van der Waals surface area contributed by atoms with Gasteiger partial charge in [0.2, 0.25) is 0 Å². The van der Waals surface area contributed by atoms with Crippen LogP contribution in [0.15, 0.2) is 36.7 Å². The van der Waals surface area contributed by atoms with Gasteiger partial charge in [0.05, 0.1) is 17.9 Å². The standard InChI is InChI=1S/C19H22N4O4/c1-27-11-14-10-17(21-12-20-14)22-19(26)23-8-6-13(7-9-23)15-4-2-3-5-16(15)18(24)25/h2-5,10,12-13H,6-9,11H2,1H3,(H,24,25)(H,20,21,22,26). The number of hydrogen-bond acceptors (Lipinski definition) is 5. The molecule has 2 aromatic rings. The Hall–Kier alpha value is -3.00. The zero-order chi connectivity index (χ0) is 19.2. The van der Waals surface area contributed by atoms with Crippen LogP contribution in [0.4, 0.5) is 10.6 Å². The molecule has 1 aliphatic heterocycles. The number of carbonyl (C=O) groups excluding carboxylic acids is 1. The number of rotatable bonds is 5. The molecule has 142 valence electrons. The second kappa shape index (κ2) is 8.59. The van der Waals surface area contributed by atoms with E-state index >= 15 is 0 Å². The number of anilines is 1. The van der Waals surface area contributed by atoms with Crippen LogP contribution in [0.5, 0.6) is 0 Å². The number of urea groups is 1. The van der Waals surface area contributed by atoms with Crippen LogP contribution in [0.3, 0.4) is 0 Å². The molecule has 2 N–H and O–H groups in total. The van der Waals surface area contributed by atoms with Gasteiger partial charge in [0, 0.05) is 26.3 Å². The van der Waals surface area contributed by atoms with Crippen LogP contribution in [-0.4, -0.2) is 52.2 Å². The number of aromatic nitrogens is 2. The van der Waals surface area contributed by atoms with Crippen molar-refractivity contribution < 1.29 is 19.4 Å². The summed E-state index contributed by atoms with van der Waals surface area (Å²) in [6, 6.07) is 8.54. The molecule has 0 atom stereocenters. The van der Waals surface area contributed by atoms with Crippen LogP contribution in [0.25, 0.3) is 0 Å². The third-order valence-corrected chi connectivity index (χ3v) is 4.66. The lowest BCUT2D eigenvalue weighted by Gasteiger charge is -2.32. The smallest absolute Gasteiger partial charge is 0.335 e. The summed E-state index contributed by atoms with van der Waals surface area (Å²) in [4.78, 5) is 33.7. The summed E-state index contributed by atoms with van der Waals surface area (Å²) in [7, 11) is 1.58. The van der Waals surface area contributed by atoms with Crippen LogP contribution < -0.4 is 5.32 Å². The van der Waals surface area contributed by atoms with Gasteiger partial charge in [-0.15, -0.1) is 0 Å². The Bertz CT molecular complexity index is 819.